The van der Waals surface area contributed by atoms with Crippen molar-refractivity contribution in [2.24, 2.45) is 0 Å². The number of morpholine rings is 1. The van der Waals surface area contributed by atoms with Crippen LogP contribution in [0.25, 0.3) is 10.8 Å². The molecular formula is C29H30N4O3. The van der Waals surface area contributed by atoms with Crippen molar-refractivity contribution in [2.75, 3.05) is 43.6 Å². The third kappa shape index (κ3) is 5.47. The lowest BCUT2D eigenvalue weighted by molar-refractivity contribution is 0.102. The maximum Gasteiger partial charge on any atom is 0.256 e. The van der Waals surface area contributed by atoms with E-state index >= 15 is 0 Å². The van der Waals surface area contributed by atoms with E-state index in [1.54, 1.807) is 13.3 Å². The number of aromatic nitrogens is 2. The number of ether oxygens (including phenoxy) is 2. The average molecular weight is 483 g/mol. The zero-order valence-corrected chi connectivity index (χ0v) is 20.4. The standard InChI is InChI=1S/C29H30N4O3/c1-35-29-26-22(13-14-30-29)19-24(11-5-9-21-7-3-2-4-8-21)31-27(26)32-28(34)23-10-6-12-25(20-23)33-15-17-36-18-16-33/h2-4,6-8,10,12-14,19-20H,5,9,11,15-18H2,1H3,(H,31,32,34). The molecule has 1 aliphatic rings. The number of rotatable bonds is 8. The summed E-state index contributed by atoms with van der Waals surface area (Å²) in [7, 11) is 1.58. The molecule has 0 saturated carbocycles. The number of carbonyl (C=O) groups excluding carboxylic acids is 1. The topological polar surface area (TPSA) is 76.6 Å². The van der Waals surface area contributed by atoms with E-state index in [1.807, 2.05) is 36.4 Å². The van der Waals surface area contributed by atoms with Gasteiger partial charge in [-0.15, -0.1) is 0 Å². The van der Waals surface area contributed by atoms with Crippen molar-refractivity contribution in [1.29, 1.82) is 0 Å². The minimum Gasteiger partial charge on any atom is -0.480 e. The third-order valence-electron chi connectivity index (χ3n) is 6.41. The van der Waals surface area contributed by atoms with E-state index in [9.17, 15) is 4.79 Å². The largest absolute Gasteiger partial charge is 0.480 e. The number of aryl methyl sites for hydroxylation is 2. The van der Waals surface area contributed by atoms with Crippen molar-refractivity contribution in [2.45, 2.75) is 19.3 Å². The van der Waals surface area contributed by atoms with E-state index in [4.69, 9.17) is 14.5 Å². The minimum absolute atomic E-state index is 0.216. The number of hydrogen-bond acceptors (Lipinski definition) is 6. The number of hydrogen-bond donors (Lipinski definition) is 1. The predicted octanol–water partition coefficient (Wildman–Crippen LogP) is 4.90. The first-order valence-electron chi connectivity index (χ1n) is 12.3. The van der Waals surface area contributed by atoms with Crippen molar-refractivity contribution in [1.82, 2.24) is 9.97 Å². The first-order valence-corrected chi connectivity index (χ1v) is 12.3. The van der Waals surface area contributed by atoms with Gasteiger partial charge in [-0.3, -0.25) is 4.79 Å². The molecule has 7 nitrogen and oxygen atoms in total. The number of nitrogens with zero attached hydrogens (tertiary/aromatic N) is 3. The summed E-state index contributed by atoms with van der Waals surface area (Å²) >= 11 is 0. The highest BCUT2D eigenvalue weighted by Gasteiger charge is 2.17. The van der Waals surface area contributed by atoms with Gasteiger partial charge < -0.3 is 19.7 Å². The van der Waals surface area contributed by atoms with Crippen LogP contribution in [0.5, 0.6) is 5.88 Å². The molecule has 5 rings (SSSR count). The molecule has 0 bridgehead atoms. The Morgan fingerprint density at radius 3 is 2.67 bits per heavy atom. The third-order valence-corrected chi connectivity index (χ3v) is 6.41. The van der Waals surface area contributed by atoms with Crippen LogP contribution in [0, 0.1) is 0 Å². The molecule has 3 heterocycles. The second-order valence-electron chi connectivity index (χ2n) is 8.82. The molecule has 0 atom stereocenters. The quantitative estimate of drug-likeness (QED) is 0.385. The van der Waals surface area contributed by atoms with Crippen LogP contribution in [0.15, 0.2) is 72.9 Å². The van der Waals surface area contributed by atoms with Gasteiger partial charge in [-0.2, -0.15) is 0 Å². The molecule has 1 amide bonds. The van der Waals surface area contributed by atoms with Gasteiger partial charge in [-0.25, -0.2) is 9.97 Å². The molecule has 0 radical (unpaired) electrons. The number of pyridine rings is 2. The summed E-state index contributed by atoms with van der Waals surface area (Å²) < 4.78 is 11.0. The summed E-state index contributed by atoms with van der Waals surface area (Å²) in [6.45, 7) is 3.00. The molecule has 4 aromatic rings. The monoisotopic (exact) mass is 482 g/mol. The summed E-state index contributed by atoms with van der Waals surface area (Å²) in [6, 6.07) is 22.1. The molecule has 0 aliphatic carbocycles. The van der Waals surface area contributed by atoms with Gasteiger partial charge in [0.1, 0.15) is 5.82 Å². The molecule has 1 N–H and O–H groups in total. The highest BCUT2D eigenvalue weighted by molar-refractivity contribution is 6.09. The van der Waals surface area contributed by atoms with Crippen LogP contribution < -0.4 is 15.0 Å². The van der Waals surface area contributed by atoms with Crippen LogP contribution in [-0.4, -0.2) is 49.3 Å². The molecule has 0 unspecified atom stereocenters. The highest BCUT2D eigenvalue weighted by Crippen LogP contribution is 2.31. The van der Waals surface area contributed by atoms with E-state index in [2.05, 4.69) is 45.5 Å². The van der Waals surface area contributed by atoms with E-state index in [-0.39, 0.29) is 5.91 Å². The van der Waals surface area contributed by atoms with E-state index < -0.39 is 0 Å². The summed E-state index contributed by atoms with van der Waals surface area (Å²) in [5.41, 5.74) is 3.81. The Bertz CT molecular complexity index is 1340. The zero-order valence-electron chi connectivity index (χ0n) is 20.4. The van der Waals surface area contributed by atoms with Gasteiger partial charge in [-0.1, -0.05) is 36.4 Å². The zero-order chi connectivity index (χ0) is 24.7. The molecule has 1 aliphatic heterocycles. The van der Waals surface area contributed by atoms with Crippen molar-refractivity contribution < 1.29 is 14.3 Å². The highest BCUT2D eigenvalue weighted by atomic mass is 16.5. The fourth-order valence-electron chi connectivity index (χ4n) is 4.56. The summed E-state index contributed by atoms with van der Waals surface area (Å²) in [4.78, 5) is 24.8. The smallest absolute Gasteiger partial charge is 0.256 e. The molecule has 2 aromatic carbocycles. The van der Waals surface area contributed by atoms with Gasteiger partial charge in [0, 0.05) is 36.2 Å². The fourth-order valence-corrected chi connectivity index (χ4v) is 4.56. The number of nitrogens with one attached hydrogen (secondary N) is 1. The average Bonchev–Trinajstić information content (AvgIpc) is 2.94. The van der Waals surface area contributed by atoms with Crippen molar-refractivity contribution >= 4 is 28.2 Å². The fraction of sp³-hybridized carbons (Fsp3) is 0.276. The second kappa shape index (κ2) is 11.2. The van der Waals surface area contributed by atoms with Crippen molar-refractivity contribution in [3.05, 3.63) is 89.7 Å². The Hall–Kier alpha value is -3.97. The maximum absolute atomic E-state index is 13.3. The van der Waals surface area contributed by atoms with Gasteiger partial charge in [0.2, 0.25) is 5.88 Å². The van der Waals surface area contributed by atoms with Gasteiger partial charge in [-0.05, 0) is 60.5 Å². The van der Waals surface area contributed by atoms with Crippen LogP contribution in [0.2, 0.25) is 0 Å². The lowest BCUT2D eigenvalue weighted by Gasteiger charge is -2.29. The molecule has 184 valence electrons. The SMILES string of the molecule is COc1nccc2cc(CCCc3ccccc3)nc(NC(=O)c3cccc(N4CCOCC4)c3)c12. The number of methoxy groups -OCH3 is 1. The molecule has 0 spiro atoms. The summed E-state index contributed by atoms with van der Waals surface area (Å²) in [5.74, 6) is 0.688. The number of amides is 1. The van der Waals surface area contributed by atoms with E-state index in [0.717, 1.165) is 49.1 Å². The number of anilines is 2. The summed E-state index contributed by atoms with van der Waals surface area (Å²) in [5, 5.41) is 4.67. The molecule has 2 aromatic heterocycles. The Morgan fingerprint density at radius 1 is 1.03 bits per heavy atom. The Kier molecular flexibility index (Phi) is 7.38. The number of benzene rings is 2. The van der Waals surface area contributed by atoms with Gasteiger partial charge in [0.15, 0.2) is 0 Å². The first kappa shape index (κ1) is 23.8. The van der Waals surface area contributed by atoms with Gasteiger partial charge in [0.05, 0.1) is 25.7 Å². The van der Waals surface area contributed by atoms with Crippen molar-refractivity contribution in [3.63, 3.8) is 0 Å². The van der Waals surface area contributed by atoms with E-state index in [0.29, 0.717) is 35.9 Å². The normalized spacial score (nSPS) is 13.5. The van der Waals surface area contributed by atoms with Gasteiger partial charge in [0.25, 0.3) is 5.91 Å². The van der Waals surface area contributed by atoms with Crippen LogP contribution in [0.4, 0.5) is 11.5 Å². The van der Waals surface area contributed by atoms with Crippen LogP contribution in [0.3, 0.4) is 0 Å². The van der Waals surface area contributed by atoms with E-state index in [1.165, 1.54) is 5.56 Å². The summed E-state index contributed by atoms with van der Waals surface area (Å²) in [6.07, 6.45) is 4.44. The lowest BCUT2D eigenvalue weighted by Crippen LogP contribution is -2.36. The molecule has 1 saturated heterocycles. The van der Waals surface area contributed by atoms with Crippen LogP contribution >= 0.6 is 0 Å². The van der Waals surface area contributed by atoms with Crippen molar-refractivity contribution in [3.8, 4) is 5.88 Å². The molecule has 1 fully saturated rings. The lowest BCUT2D eigenvalue weighted by atomic mass is 10.1. The first-order chi connectivity index (χ1) is 17.7. The number of carbonyl (C=O) groups is 1. The predicted molar refractivity (Wildman–Crippen MR) is 142 cm³/mol. The Balaban J connectivity index is 1.40. The second-order valence-corrected chi connectivity index (χ2v) is 8.82. The molecule has 7 heteroatoms. The van der Waals surface area contributed by atoms with Gasteiger partial charge >= 0.3 is 0 Å². The Morgan fingerprint density at radius 2 is 1.86 bits per heavy atom. The number of fused-ring (bicyclic) bond motifs is 1. The van der Waals surface area contributed by atoms with Crippen LogP contribution in [0.1, 0.15) is 28.0 Å². The molecular weight excluding hydrogens is 452 g/mol. The van der Waals surface area contributed by atoms with Crippen LogP contribution in [-0.2, 0) is 17.6 Å². The Labute approximate surface area is 211 Å². The molecule has 36 heavy (non-hydrogen) atoms. The minimum atomic E-state index is -0.216. The maximum atomic E-state index is 13.3.